The van der Waals surface area contributed by atoms with Gasteiger partial charge in [0.15, 0.2) is 0 Å². The summed E-state index contributed by atoms with van der Waals surface area (Å²) >= 11 is 0. The lowest BCUT2D eigenvalue weighted by Crippen LogP contribution is -2.25. The fourth-order valence-electron chi connectivity index (χ4n) is 9.90. The molecular formula is C49H30N2. The molecule has 0 atom stereocenters. The average Bonchev–Trinajstić information content (AvgIpc) is 3.90. The molecule has 1 spiro atoms. The Bertz CT molecular complexity index is 2860. The first-order chi connectivity index (χ1) is 25.4. The van der Waals surface area contributed by atoms with E-state index in [-0.39, 0.29) is 0 Å². The summed E-state index contributed by atoms with van der Waals surface area (Å²) < 4.78 is 5.00. The average molecular weight is 647 g/mol. The molecule has 0 saturated carbocycles. The molecule has 12 rings (SSSR count). The fourth-order valence-corrected chi connectivity index (χ4v) is 9.90. The third-order valence-corrected chi connectivity index (χ3v) is 11.7. The first-order valence-electron chi connectivity index (χ1n) is 17.8. The first-order valence-corrected chi connectivity index (χ1v) is 17.8. The standard InChI is InChI=1S/C49H30N2/c1-3-15-31(16-4-1)50-43-25-13-9-19-33(43)35-27-29-41-45(47(35)50)37-21-7-11-23-39(37)49(41)40-24-12-8-22-38(40)46-42(49)30-28-36-34-20-10-14-26-44(34)51(48(36)46)32-17-5-2-6-18-32/h1-30H. The van der Waals surface area contributed by atoms with E-state index in [0.717, 1.165) is 0 Å². The molecule has 2 heteroatoms. The lowest BCUT2D eigenvalue weighted by atomic mass is 9.70. The molecule has 10 aromatic rings. The van der Waals surface area contributed by atoms with Crippen LogP contribution in [0.4, 0.5) is 0 Å². The van der Waals surface area contributed by atoms with Crippen molar-refractivity contribution in [3.8, 4) is 33.6 Å². The minimum Gasteiger partial charge on any atom is -0.309 e. The first kappa shape index (κ1) is 27.2. The van der Waals surface area contributed by atoms with E-state index in [2.05, 4.69) is 191 Å². The summed E-state index contributed by atoms with van der Waals surface area (Å²) in [4.78, 5) is 0. The second-order valence-corrected chi connectivity index (χ2v) is 14.0. The van der Waals surface area contributed by atoms with E-state index in [1.165, 1.54) is 99.5 Å². The summed E-state index contributed by atoms with van der Waals surface area (Å²) in [6.07, 6.45) is 0. The molecule has 0 N–H and O–H groups in total. The number of fused-ring (bicyclic) bond motifs is 18. The van der Waals surface area contributed by atoms with E-state index >= 15 is 0 Å². The van der Waals surface area contributed by atoms with Crippen molar-refractivity contribution in [1.82, 2.24) is 9.13 Å². The summed E-state index contributed by atoms with van der Waals surface area (Å²) in [6, 6.07) is 67.6. The lowest BCUT2D eigenvalue weighted by Gasteiger charge is -2.30. The molecule has 0 bridgehead atoms. The summed E-state index contributed by atoms with van der Waals surface area (Å²) in [5.41, 5.74) is 17.6. The SMILES string of the molecule is c1ccc(-n2c3ccccc3c3ccc4c(c32)-c2ccccc2C42c3ccccc3-c3c2ccc2c4ccccc4n(-c4ccccc4)c32)cc1. The molecule has 2 aromatic heterocycles. The molecular weight excluding hydrogens is 617 g/mol. The summed E-state index contributed by atoms with van der Waals surface area (Å²) in [5.74, 6) is 0. The normalized spacial score (nSPS) is 13.6. The van der Waals surface area contributed by atoms with Gasteiger partial charge in [0.25, 0.3) is 0 Å². The summed E-state index contributed by atoms with van der Waals surface area (Å²) in [6.45, 7) is 0. The van der Waals surface area contributed by atoms with Crippen molar-refractivity contribution >= 4 is 43.6 Å². The molecule has 2 nitrogen and oxygen atoms in total. The second kappa shape index (κ2) is 9.74. The molecule has 51 heavy (non-hydrogen) atoms. The van der Waals surface area contributed by atoms with Gasteiger partial charge < -0.3 is 9.13 Å². The van der Waals surface area contributed by atoms with Crippen molar-refractivity contribution in [2.45, 2.75) is 5.41 Å². The van der Waals surface area contributed by atoms with Crippen molar-refractivity contribution in [2.75, 3.05) is 0 Å². The number of hydrogen-bond acceptors (Lipinski definition) is 0. The van der Waals surface area contributed by atoms with Crippen molar-refractivity contribution in [2.24, 2.45) is 0 Å². The smallest absolute Gasteiger partial charge is 0.0727 e. The topological polar surface area (TPSA) is 9.86 Å². The van der Waals surface area contributed by atoms with Gasteiger partial charge in [-0.15, -0.1) is 0 Å². The molecule has 2 aliphatic carbocycles. The van der Waals surface area contributed by atoms with Crippen LogP contribution in [0.25, 0.3) is 77.2 Å². The van der Waals surface area contributed by atoms with E-state index in [0.29, 0.717) is 0 Å². The van der Waals surface area contributed by atoms with Gasteiger partial charge in [-0.25, -0.2) is 0 Å². The van der Waals surface area contributed by atoms with Gasteiger partial charge in [-0.3, -0.25) is 0 Å². The van der Waals surface area contributed by atoms with Gasteiger partial charge in [0.2, 0.25) is 0 Å². The molecule has 0 fully saturated rings. The van der Waals surface area contributed by atoms with Crippen LogP contribution < -0.4 is 0 Å². The Kier molecular flexibility index (Phi) is 5.20. The highest BCUT2D eigenvalue weighted by molar-refractivity contribution is 6.19. The molecule has 0 radical (unpaired) electrons. The zero-order valence-electron chi connectivity index (χ0n) is 27.7. The van der Waals surface area contributed by atoms with Crippen LogP contribution in [-0.4, -0.2) is 9.13 Å². The highest BCUT2D eigenvalue weighted by atomic mass is 15.0. The predicted molar refractivity (Wildman–Crippen MR) is 211 cm³/mol. The number of nitrogens with zero attached hydrogens (tertiary/aromatic N) is 2. The Morgan fingerprint density at radius 2 is 0.686 bits per heavy atom. The molecule has 2 heterocycles. The molecule has 0 amide bonds. The molecule has 2 aliphatic rings. The predicted octanol–water partition coefficient (Wildman–Crippen LogP) is 12.2. The highest BCUT2D eigenvalue weighted by Crippen LogP contribution is 2.65. The van der Waals surface area contributed by atoms with Crippen molar-refractivity contribution < 1.29 is 0 Å². The van der Waals surface area contributed by atoms with E-state index in [4.69, 9.17) is 0 Å². The van der Waals surface area contributed by atoms with Gasteiger partial charge in [-0.2, -0.15) is 0 Å². The van der Waals surface area contributed by atoms with Crippen LogP contribution in [0.2, 0.25) is 0 Å². The molecule has 8 aromatic carbocycles. The van der Waals surface area contributed by atoms with Gasteiger partial charge in [0.1, 0.15) is 0 Å². The fraction of sp³-hybridized carbons (Fsp3) is 0.0204. The van der Waals surface area contributed by atoms with Crippen molar-refractivity contribution in [1.29, 1.82) is 0 Å². The Morgan fingerprint density at radius 1 is 0.294 bits per heavy atom. The maximum absolute atomic E-state index is 2.50. The minimum atomic E-state index is -0.476. The van der Waals surface area contributed by atoms with Crippen LogP contribution in [0.1, 0.15) is 22.3 Å². The zero-order valence-corrected chi connectivity index (χ0v) is 27.7. The van der Waals surface area contributed by atoms with Crippen molar-refractivity contribution in [3.63, 3.8) is 0 Å². The Labute approximate surface area is 295 Å². The van der Waals surface area contributed by atoms with Gasteiger partial charge in [-0.1, -0.05) is 146 Å². The van der Waals surface area contributed by atoms with E-state index < -0.39 is 5.41 Å². The maximum atomic E-state index is 2.50. The summed E-state index contributed by atoms with van der Waals surface area (Å²) in [5, 5.41) is 5.12. The van der Waals surface area contributed by atoms with Gasteiger partial charge in [-0.05, 0) is 69.8 Å². The molecule has 236 valence electrons. The number of rotatable bonds is 2. The van der Waals surface area contributed by atoms with Crippen LogP contribution in [-0.2, 0) is 5.41 Å². The quantitative estimate of drug-likeness (QED) is 0.177. The van der Waals surface area contributed by atoms with Crippen LogP contribution in [0.15, 0.2) is 182 Å². The van der Waals surface area contributed by atoms with Crippen LogP contribution in [0.5, 0.6) is 0 Å². The highest BCUT2D eigenvalue weighted by Gasteiger charge is 2.53. The Morgan fingerprint density at radius 3 is 1.16 bits per heavy atom. The van der Waals surface area contributed by atoms with E-state index in [1.54, 1.807) is 0 Å². The monoisotopic (exact) mass is 646 g/mol. The number of para-hydroxylation sites is 4. The molecule has 0 aliphatic heterocycles. The molecule has 0 saturated heterocycles. The number of aromatic nitrogens is 2. The van der Waals surface area contributed by atoms with Crippen LogP contribution >= 0.6 is 0 Å². The second-order valence-electron chi connectivity index (χ2n) is 14.0. The van der Waals surface area contributed by atoms with E-state index in [9.17, 15) is 0 Å². The maximum Gasteiger partial charge on any atom is 0.0727 e. The Hall–Kier alpha value is -6.64. The van der Waals surface area contributed by atoms with Crippen LogP contribution in [0, 0.1) is 0 Å². The van der Waals surface area contributed by atoms with Gasteiger partial charge >= 0.3 is 0 Å². The zero-order chi connectivity index (χ0) is 33.3. The van der Waals surface area contributed by atoms with Crippen molar-refractivity contribution in [3.05, 3.63) is 204 Å². The minimum absolute atomic E-state index is 0.476. The molecule has 0 unspecified atom stereocenters. The summed E-state index contributed by atoms with van der Waals surface area (Å²) in [7, 11) is 0. The largest absolute Gasteiger partial charge is 0.309 e. The number of hydrogen-bond donors (Lipinski definition) is 0. The number of benzene rings is 8. The Balaban J connectivity index is 1.29. The van der Waals surface area contributed by atoms with Crippen LogP contribution in [0.3, 0.4) is 0 Å². The third kappa shape index (κ3) is 3.24. The lowest BCUT2D eigenvalue weighted by molar-refractivity contribution is 0.794. The third-order valence-electron chi connectivity index (χ3n) is 11.7. The van der Waals surface area contributed by atoms with E-state index in [1.807, 2.05) is 0 Å². The van der Waals surface area contributed by atoms with Gasteiger partial charge in [0, 0.05) is 44.0 Å². The van der Waals surface area contributed by atoms with Gasteiger partial charge in [0.05, 0.1) is 27.5 Å².